The summed E-state index contributed by atoms with van der Waals surface area (Å²) >= 11 is 0.832. The van der Waals surface area contributed by atoms with E-state index in [0.717, 1.165) is 11.3 Å². The molecule has 0 bridgehead atoms. The second kappa shape index (κ2) is 1.92. The van der Waals surface area contributed by atoms with Crippen LogP contribution in [0.5, 0.6) is 0 Å². The SMILES string of the molecule is O=c1occsc1=O. The average molecular weight is 130 g/mol. The third kappa shape index (κ3) is 0.840. The molecular formula is C4H2O3S. The van der Waals surface area contributed by atoms with E-state index in [1.807, 2.05) is 0 Å². The van der Waals surface area contributed by atoms with Gasteiger partial charge in [-0.3, -0.25) is 4.79 Å². The lowest BCUT2D eigenvalue weighted by Gasteiger charge is -1.71. The molecular weight excluding hydrogens is 128 g/mol. The average Bonchev–Trinajstić information content (AvgIpc) is 1.77. The van der Waals surface area contributed by atoms with Gasteiger partial charge in [-0.25, -0.2) is 4.79 Å². The number of hydrogen-bond acceptors (Lipinski definition) is 4. The largest absolute Gasteiger partial charge is 0.427 e. The van der Waals surface area contributed by atoms with Gasteiger partial charge in [-0.2, -0.15) is 0 Å². The van der Waals surface area contributed by atoms with Crippen molar-refractivity contribution in [2.75, 3.05) is 0 Å². The zero-order chi connectivity index (χ0) is 5.98. The van der Waals surface area contributed by atoms with Crippen LogP contribution in [0.2, 0.25) is 0 Å². The molecule has 8 heavy (non-hydrogen) atoms. The Hall–Kier alpha value is -0.900. The Kier molecular flexibility index (Phi) is 1.26. The quantitative estimate of drug-likeness (QED) is 0.466. The molecule has 1 aromatic heterocycles. The van der Waals surface area contributed by atoms with Gasteiger partial charge in [0.1, 0.15) is 6.26 Å². The summed E-state index contributed by atoms with van der Waals surface area (Å²) in [5.41, 5.74) is -0.794. The highest BCUT2D eigenvalue weighted by atomic mass is 32.1. The standard InChI is InChI=1S/C4H2O3S/c5-3-4(6)8-2-1-7-3/h1-2H. The van der Waals surface area contributed by atoms with Crippen molar-refractivity contribution in [3.05, 3.63) is 31.6 Å². The van der Waals surface area contributed by atoms with Crippen LogP contribution in [0.3, 0.4) is 0 Å². The molecule has 0 aromatic carbocycles. The first-order chi connectivity index (χ1) is 3.80. The molecule has 0 N–H and O–H groups in total. The molecule has 0 spiro atoms. The van der Waals surface area contributed by atoms with Crippen molar-refractivity contribution in [3.63, 3.8) is 0 Å². The Balaban J connectivity index is 3.59. The van der Waals surface area contributed by atoms with E-state index < -0.39 is 10.4 Å². The predicted molar refractivity (Wildman–Crippen MR) is 29.1 cm³/mol. The zero-order valence-corrected chi connectivity index (χ0v) is 4.60. The summed E-state index contributed by atoms with van der Waals surface area (Å²) in [5, 5.41) is 1.42. The van der Waals surface area contributed by atoms with Crippen molar-refractivity contribution in [2.24, 2.45) is 0 Å². The monoisotopic (exact) mass is 130 g/mol. The summed E-state index contributed by atoms with van der Waals surface area (Å²) < 4.78 is 3.64. The van der Waals surface area contributed by atoms with E-state index in [0.29, 0.717) is 0 Å². The van der Waals surface area contributed by atoms with E-state index in [9.17, 15) is 9.59 Å². The molecule has 1 heterocycles. The Labute approximate surface area is 48.2 Å². The third-order valence-corrected chi connectivity index (χ3v) is 1.20. The van der Waals surface area contributed by atoms with Crippen LogP contribution >= 0.6 is 11.3 Å². The van der Waals surface area contributed by atoms with Gasteiger partial charge in [0, 0.05) is 5.38 Å². The molecule has 4 heteroatoms. The summed E-state index contributed by atoms with van der Waals surface area (Å²) in [5.74, 6) is 0. The normalized spacial score (nSPS) is 9.00. The van der Waals surface area contributed by atoms with Crippen LogP contribution in [0.25, 0.3) is 0 Å². The highest BCUT2D eigenvalue weighted by Crippen LogP contribution is 1.76. The fourth-order valence-corrected chi connectivity index (χ4v) is 0.654. The lowest BCUT2D eigenvalue weighted by Crippen LogP contribution is -2.17. The van der Waals surface area contributed by atoms with Gasteiger partial charge < -0.3 is 4.42 Å². The highest BCUT2D eigenvalue weighted by molar-refractivity contribution is 7.07. The molecule has 0 saturated heterocycles. The van der Waals surface area contributed by atoms with E-state index in [2.05, 4.69) is 4.42 Å². The van der Waals surface area contributed by atoms with Crippen LogP contribution in [0.1, 0.15) is 0 Å². The minimum atomic E-state index is -0.794. The van der Waals surface area contributed by atoms with Crippen molar-refractivity contribution >= 4 is 11.3 Å². The van der Waals surface area contributed by atoms with Gasteiger partial charge in [0.15, 0.2) is 0 Å². The summed E-state index contributed by atoms with van der Waals surface area (Å²) in [6, 6.07) is 0. The molecule has 0 saturated carbocycles. The number of rotatable bonds is 0. The molecule has 0 fully saturated rings. The van der Waals surface area contributed by atoms with E-state index in [1.54, 1.807) is 0 Å². The second-order valence-electron chi connectivity index (χ2n) is 1.08. The Bertz CT molecular complexity index is 242. The molecule has 1 rings (SSSR count). The van der Waals surface area contributed by atoms with Crippen LogP contribution in [0.4, 0.5) is 0 Å². The van der Waals surface area contributed by atoms with Gasteiger partial charge in [-0.1, -0.05) is 11.3 Å². The van der Waals surface area contributed by atoms with Gasteiger partial charge in [0.05, 0.1) is 0 Å². The smallest absolute Gasteiger partial charge is 0.394 e. The van der Waals surface area contributed by atoms with Gasteiger partial charge in [-0.15, -0.1) is 0 Å². The Morgan fingerprint density at radius 3 is 2.62 bits per heavy atom. The highest BCUT2D eigenvalue weighted by Gasteiger charge is 1.87. The predicted octanol–water partition coefficient (Wildman–Crippen LogP) is 0.0615. The van der Waals surface area contributed by atoms with Crippen molar-refractivity contribution in [2.45, 2.75) is 0 Å². The minimum Gasteiger partial charge on any atom is -0.427 e. The molecule has 42 valence electrons. The second-order valence-corrected chi connectivity index (χ2v) is 1.96. The van der Waals surface area contributed by atoms with Crippen LogP contribution in [0, 0.1) is 0 Å². The van der Waals surface area contributed by atoms with Crippen LogP contribution in [0.15, 0.2) is 25.6 Å². The van der Waals surface area contributed by atoms with Crippen molar-refractivity contribution < 1.29 is 4.42 Å². The molecule has 1 aromatic rings. The van der Waals surface area contributed by atoms with Crippen molar-refractivity contribution in [3.8, 4) is 0 Å². The lowest BCUT2D eigenvalue weighted by molar-refractivity contribution is 0.511. The van der Waals surface area contributed by atoms with Crippen LogP contribution < -0.4 is 10.4 Å². The molecule has 0 aliphatic heterocycles. The van der Waals surface area contributed by atoms with E-state index in [4.69, 9.17) is 0 Å². The minimum absolute atomic E-state index is 0.562. The first-order valence-corrected chi connectivity index (χ1v) is 2.75. The molecule has 0 radical (unpaired) electrons. The molecule has 0 amide bonds. The van der Waals surface area contributed by atoms with Crippen LogP contribution in [-0.2, 0) is 0 Å². The van der Waals surface area contributed by atoms with Crippen molar-refractivity contribution in [1.29, 1.82) is 0 Å². The topological polar surface area (TPSA) is 47.3 Å². The first kappa shape index (κ1) is 5.24. The third-order valence-electron chi connectivity index (χ3n) is 0.572. The Morgan fingerprint density at radius 1 is 1.50 bits per heavy atom. The van der Waals surface area contributed by atoms with Crippen LogP contribution in [-0.4, -0.2) is 0 Å². The van der Waals surface area contributed by atoms with Gasteiger partial charge in [-0.05, 0) is 0 Å². The van der Waals surface area contributed by atoms with Crippen molar-refractivity contribution in [1.82, 2.24) is 0 Å². The number of hydrogen-bond donors (Lipinski definition) is 0. The molecule has 0 atom stereocenters. The van der Waals surface area contributed by atoms with Gasteiger partial charge in [0.2, 0.25) is 0 Å². The summed E-state index contributed by atoms with van der Waals surface area (Å²) in [6.45, 7) is 0. The summed E-state index contributed by atoms with van der Waals surface area (Å²) in [4.78, 5) is 20.4. The summed E-state index contributed by atoms with van der Waals surface area (Å²) in [6.07, 6.45) is 1.19. The van der Waals surface area contributed by atoms with E-state index in [1.165, 1.54) is 11.6 Å². The van der Waals surface area contributed by atoms with E-state index in [-0.39, 0.29) is 0 Å². The molecule has 0 aliphatic carbocycles. The fourth-order valence-electron chi connectivity index (χ4n) is 0.275. The van der Waals surface area contributed by atoms with Gasteiger partial charge >= 0.3 is 10.4 Å². The maximum Gasteiger partial charge on any atom is 0.394 e. The zero-order valence-electron chi connectivity index (χ0n) is 3.79. The van der Waals surface area contributed by atoms with Gasteiger partial charge in [0.25, 0.3) is 0 Å². The molecule has 3 nitrogen and oxygen atoms in total. The Morgan fingerprint density at radius 2 is 2.25 bits per heavy atom. The maximum atomic E-state index is 10.2. The maximum absolute atomic E-state index is 10.2. The molecule has 0 aliphatic rings. The first-order valence-electron chi connectivity index (χ1n) is 1.87. The summed E-state index contributed by atoms with van der Waals surface area (Å²) in [7, 11) is 0. The molecule has 0 unspecified atom stereocenters. The fraction of sp³-hybridized carbons (Fsp3) is 0. The van der Waals surface area contributed by atoms with E-state index >= 15 is 0 Å². The lowest BCUT2D eigenvalue weighted by atomic mass is 11.0.